The summed E-state index contributed by atoms with van der Waals surface area (Å²) < 4.78 is 0. The van der Waals surface area contributed by atoms with Crippen molar-refractivity contribution in [1.29, 1.82) is 0 Å². The van der Waals surface area contributed by atoms with Gasteiger partial charge in [0.25, 0.3) is 0 Å². The summed E-state index contributed by atoms with van der Waals surface area (Å²) in [5.74, 6) is 1.75. The summed E-state index contributed by atoms with van der Waals surface area (Å²) in [4.78, 5) is 11.9. The van der Waals surface area contributed by atoms with Crippen LogP contribution in [0.2, 0.25) is 0 Å². The maximum Gasteiger partial charge on any atom is 0.220 e. The minimum absolute atomic E-state index is 0.0381. The van der Waals surface area contributed by atoms with Gasteiger partial charge >= 0.3 is 0 Å². The smallest absolute Gasteiger partial charge is 0.220 e. The number of benzene rings is 2. The number of nitrogens with one attached hydrogen (secondary N) is 1. The molecular formula is C19H23NO2S. The molecule has 0 unspecified atom stereocenters. The standard InChI is InChI=1S/C19H23NO2S/c21-18(20-13-19(22)10-11-23-14-19)7-3-4-15-8-9-16-5-1-2-6-17(16)12-15/h1-2,5-6,8-9,12,22H,3-4,7,10-11,13-14H2,(H,20,21)/t19-/m0/s1. The average molecular weight is 329 g/mol. The van der Waals surface area contributed by atoms with Crippen LogP contribution in [-0.4, -0.2) is 34.7 Å². The van der Waals surface area contributed by atoms with E-state index in [1.807, 2.05) is 12.1 Å². The predicted molar refractivity (Wildman–Crippen MR) is 96.8 cm³/mol. The number of fused-ring (bicyclic) bond motifs is 1. The molecule has 1 saturated heterocycles. The first kappa shape index (κ1) is 16.3. The number of carbonyl (C=O) groups is 1. The number of aryl methyl sites for hydroxylation is 1. The van der Waals surface area contributed by atoms with Gasteiger partial charge in [-0.05, 0) is 41.4 Å². The van der Waals surface area contributed by atoms with Gasteiger partial charge in [-0.3, -0.25) is 4.79 Å². The summed E-state index contributed by atoms with van der Waals surface area (Å²) in [7, 11) is 0. The number of amides is 1. The van der Waals surface area contributed by atoms with Crippen LogP contribution < -0.4 is 5.32 Å². The van der Waals surface area contributed by atoms with Gasteiger partial charge in [-0.1, -0.05) is 42.5 Å². The zero-order valence-corrected chi connectivity index (χ0v) is 14.1. The topological polar surface area (TPSA) is 49.3 Å². The molecule has 1 amide bonds. The van der Waals surface area contributed by atoms with Crippen molar-refractivity contribution in [3.63, 3.8) is 0 Å². The zero-order valence-electron chi connectivity index (χ0n) is 13.3. The van der Waals surface area contributed by atoms with E-state index in [-0.39, 0.29) is 5.91 Å². The largest absolute Gasteiger partial charge is 0.387 e. The molecule has 0 aromatic heterocycles. The molecule has 122 valence electrons. The summed E-state index contributed by atoms with van der Waals surface area (Å²) in [5.41, 5.74) is 0.570. The molecule has 0 aliphatic carbocycles. The lowest BCUT2D eigenvalue weighted by Gasteiger charge is -2.21. The van der Waals surface area contributed by atoms with Gasteiger partial charge in [0.1, 0.15) is 0 Å². The van der Waals surface area contributed by atoms with E-state index in [1.54, 1.807) is 11.8 Å². The van der Waals surface area contributed by atoms with Crippen LogP contribution in [0.15, 0.2) is 42.5 Å². The Morgan fingerprint density at radius 2 is 2.04 bits per heavy atom. The molecule has 3 rings (SSSR count). The molecular weight excluding hydrogens is 306 g/mol. The van der Waals surface area contributed by atoms with Gasteiger partial charge in [0.05, 0.1) is 5.60 Å². The van der Waals surface area contributed by atoms with Crippen LogP contribution in [0.5, 0.6) is 0 Å². The van der Waals surface area contributed by atoms with E-state index in [0.29, 0.717) is 13.0 Å². The van der Waals surface area contributed by atoms with E-state index >= 15 is 0 Å². The fourth-order valence-corrected chi connectivity index (χ4v) is 4.23. The van der Waals surface area contributed by atoms with Crippen LogP contribution in [-0.2, 0) is 11.2 Å². The number of aliphatic hydroxyl groups is 1. The lowest BCUT2D eigenvalue weighted by Crippen LogP contribution is -2.42. The molecule has 1 fully saturated rings. The van der Waals surface area contributed by atoms with Crippen molar-refractivity contribution in [3.8, 4) is 0 Å². The van der Waals surface area contributed by atoms with Crippen molar-refractivity contribution in [2.45, 2.75) is 31.3 Å². The van der Waals surface area contributed by atoms with Crippen LogP contribution in [0.1, 0.15) is 24.8 Å². The van der Waals surface area contributed by atoms with Crippen molar-refractivity contribution < 1.29 is 9.90 Å². The maximum absolute atomic E-state index is 11.9. The van der Waals surface area contributed by atoms with Gasteiger partial charge < -0.3 is 10.4 Å². The second kappa shape index (κ2) is 7.37. The quantitative estimate of drug-likeness (QED) is 0.856. The van der Waals surface area contributed by atoms with E-state index in [2.05, 4.69) is 35.6 Å². The molecule has 1 aliphatic rings. The Labute approximate surface area is 141 Å². The first-order valence-electron chi connectivity index (χ1n) is 8.19. The zero-order chi connectivity index (χ0) is 16.1. The lowest BCUT2D eigenvalue weighted by atomic mass is 10.0. The van der Waals surface area contributed by atoms with E-state index in [1.165, 1.54) is 16.3 Å². The summed E-state index contributed by atoms with van der Waals surface area (Å²) in [5, 5.41) is 15.6. The number of hydrogen-bond acceptors (Lipinski definition) is 3. The monoisotopic (exact) mass is 329 g/mol. The van der Waals surface area contributed by atoms with Crippen molar-refractivity contribution >= 4 is 28.4 Å². The minimum Gasteiger partial charge on any atom is -0.387 e. The van der Waals surface area contributed by atoms with Crippen molar-refractivity contribution in [3.05, 3.63) is 48.0 Å². The van der Waals surface area contributed by atoms with Crippen LogP contribution in [0.3, 0.4) is 0 Å². The summed E-state index contributed by atoms with van der Waals surface area (Å²) >= 11 is 1.75. The van der Waals surface area contributed by atoms with Crippen molar-refractivity contribution in [2.75, 3.05) is 18.1 Å². The van der Waals surface area contributed by atoms with Gasteiger partial charge in [0.15, 0.2) is 0 Å². The van der Waals surface area contributed by atoms with E-state index in [9.17, 15) is 9.90 Å². The Kier molecular flexibility index (Phi) is 5.23. The maximum atomic E-state index is 11.9. The molecule has 4 heteroatoms. The Hall–Kier alpha value is -1.52. The summed E-state index contributed by atoms with van der Waals surface area (Å²) in [6.07, 6.45) is 3.01. The first-order chi connectivity index (χ1) is 11.1. The second-order valence-electron chi connectivity index (χ2n) is 6.34. The molecule has 0 radical (unpaired) electrons. The number of hydrogen-bond donors (Lipinski definition) is 2. The van der Waals surface area contributed by atoms with Gasteiger partial charge in [-0.25, -0.2) is 0 Å². The van der Waals surface area contributed by atoms with E-state index in [0.717, 1.165) is 30.8 Å². The number of carbonyl (C=O) groups excluding carboxylic acids is 1. The van der Waals surface area contributed by atoms with Crippen molar-refractivity contribution in [2.24, 2.45) is 0 Å². The molecule has 23 heavy (non-hydrogen) atoms. The molecule has 1 aliphatic heterocycles. The first-order valence-corrected chi connectivity index (χ1v) is 9.35. The highest BCUT2D eigenvalue weighted by Crippen LogP contribution is 2.27. The summed E-state index contributed by atoms with van der Waals surface area (Å²) in [6.45, 7) is 0.384. The molecule has 0 bridgehead atoms. The van der Waals surface area contributed by atoms with Crippen LogP contribution >= 0.6 is 11.8 Å². The van der Waals surface area contributed by atoms with Gasteiger partial charge in [0, 0.05) is 18.7 Å². The predicted octanol–water partition coefficient (Wildman–Crippen LogP) is 3.15. The van der Waals surface area contributed by atoms with Crippen LogP contribution in [0.4, 0.5) is 0 Å². The third-order valence-corrected chi connectivity index (χ3v) is 5.61. The molecule has 0 saturated carbocycles. The highest BCUT2D eigenvalue weighted by Gasteiger charge is 2.31. The van der Waals surface area contributed by atoms with Crippen LogP contribution in [0, 0.1) is 0 Å². The second-order valence-corrected chi connectivity index (χ2v) is 7.44. The molecule has 2 aromatic carbocycles. The highest BCUT2D eigenvalue weighted by atomic mass is 32.2. The highest BCUT2D eigenvalue weighted by molar-refractivity contribution is 7.99. The molecule has 2 aromatic rings. The Bertz CT molecular complexity index is 680. The minimum atomic E-state index is -0.696. The Morgan fingerprint density at radius 3 is 2.83 bits per heavy atom. The van der Waals surface area contributed by atoms with E-state index < -0.39 is 5.60 Å². The Morgan fingerprint density at radius 1 is 1.22 bits per heavy atom. The van der Waals surface area contributed by atoms with Crippen molar-refractivity contribution in [1.82, 2.24) is 5.32 Å². The molecule has 3 nitrogen and oxygen atoms in total. The normalized spacial score (nSPS) is 20.7. The molecule has 2 N–H and O–H groups in total. The fourth-order valence-electron chi connectivity index (χ4n) is 2.93. The average Bonchev–Trinajstić information content (AvgIpc) is 3.00. The van der Waals surface area contributed by atoms with E-state index in [4.69, 9.17) is 0 Å². The van der Waals surface area contributed by atoms with Gasteiger partial charge in [0.2, 0.25) is 5.91 Å². The SMILES string of the molecule is O=C(CCCc1ccc2ccccc2c1)NC[C@@]1(O)CCSC1. The Balaban J connectivity index is 1.43. The molecule has 0 spiro atoms. The number of rotatable bonds is 6. The molecule has 1 atom stereocenters. The fraction of sp³-hybridized carbons (Fsp3) is 0.421. The van der Waals surface area contributed by atoms with Gasteiger partial charge in [-0.2, -0.15) is 11.8 Å². The molecule has 1 heterocycles. The van der Waals surface area contributed by atoms with Crippen LogP contribution in [0.25, 0.3) is 10.8 Å². The van der Waals surface area contributed by atoms with Gasteiger partial charge in [-0.15, -0.1) is 0 Å². The lowest BCUT2D eigenvalue weighted by molar-refractivity contribution is -0.122. The third-order valence-electron chi connectivity index (χ3n) is 4.38. The summed E-state index contributed by atoms with van der Waals surface area (Å²) in [6, 6.07) is 14.8. The third kappa shape index (κ3) is 4.49. The number of thioether (sulfide) groups is 1.